The van der Waals surface area contributed by atoms with E-state index < -0.39 is 12.0 Å². The van der Waals surface area contributed by atoms with Crippen LogP contribution in [0.3, 0.4) is 0 Å². The maximum atomic E-state index is 13.4. The van der Waals surface area contributed by atoms with Crippen LogP contribution in [0.25, 0.3) is 0 Å². The number of fused-ring (bicyclic) bond motifs is 1. The Morgan fingerprint density at radius 3 is 2.70 bits per heavy atom. The van der Waals surface area contributed by atoms with E-state index in [1.54, 1.807) is 31.2 Å². The lowest BCUT2D eigenvalue weighted by Gasteiger charge is -2.36. The molecule has 1 N–H and O–H groups in total. The summed E-state index contributed by atoms with van der Waals surface area (Å²) in [6.45, 7) is 1.98. The summed E-state index contributed by atoms with van der Waals surface area (Å²) in [4.78, 5) is 31.9. The molecule has 2 aliphatic rings. The molecule has 0 saturated carbocycles. The lowest BCUT2D eigenvalue weighted by atomic mass is 9.94. The molecule has 2 aliphatic heterocycles. The van der Waals surface area contributed by atoms with Crippen LogP contribution in [0.1, 0.15) is 30.5 Å². The van der Waals surface area contributed by atoms with Gasteiger partial charge in [-0.25, -0.2) is 14.2 Å². The number of hydrogen-bond acceptors (Lipinski definition) is 6. The van der Waals surface area contributed by atoms with Crippen molar-refractivity contribution in [2.75, 3.05) is 7.11 Å². The van der Waals surface area contributed by atoms with Gasteiger partial charge in [0.2, 0.25) is 5.91 Å². The fourth-order valence-corrected chi connectivity index (χ4v) is 4.87. The Morgan fingerprint density at radius 1 is 1.24 bits per heavy atom. The lowest BCUT2D eigenvalue weighted by Crippen LogP contribution is -2.37. The summed E-state index contributed by atoms with van der Waals surface area (Å²) in [5.41, 5.74) is 3.15. The zero-order valence-electron chi connectivity index (χ0n) is 18.0. The van der Waals surface area contributed by atoms with Crippen LogP contribution in [0, 0.1) is 5.82 Å². The van der Waals surface area contributed by atoms with Crippen molar-refractivity contribution in [3.63, 3.8) is 0 Å². The molecule has 1 amide bonds. The van der Waals surface area contributed by atoms with E-state index in [0.29, 0.717) is 32.7 Å². The van der Waals surface area contributed by atoms with Crippen molar-refractivity contribution in [1.82, 2.24) is 10.2 Å². The van der Waals surface area contributed by atoms with E-state index in [2.05, 4.69) is 10.3 Å². The Kier molecular flexibility index (Phi) is 6.85. The zero-order valence-corrected chi connectivity index (χ0v) is 19.5. The molecule has 0 spiro atoms. The third-order valence-corrected chi connectivity index (χ3v) is 6.45. The summed E-state index contributed by atoms with van der Waals surface area (Å²) in [6.07, 6.45) is 0.0684. The average molecular weight is 486 g/mol. The molecule has 2 heterocycles. The SMILES string of the molecule is COC(=O)C1=C(C)N=C2SC=C(CC(=O)NCc3cccc(F)c3)N2C1c1ccc(Cl)cc1. The highest BCUT2D eigenvalue weighted by Crippen LogP contribution is 2.44. The molecular formula is C24H21ClFN3O3S. The first-order valence-corrected chi connectivity index (χ1v) is 11.4. The Balaban J connectivity index is 1.59. The number of amidine groups is 1. The molecule has 33 heavy (non-hydrogen) atoms. The molecule has 2 aromatic rings. The minimum absolute atomic E-state index is 0.0684. The highest BCUT2D eigenvalue weighted by molar-refractivity contribution is 8.16. The van der Waals surface area contributed by atoms with Gasteiger partial charge in [0.1, 0.15) is 5.82 Å². The van der Waals surface area contributed by atoms with E-state index in [0.717, 1.165) is 5.56 Å². The molecule has 0 bridgehead atoms. The Hall–Kier alpha value is -3.10. The minimum atomic E-state index is -0.514. The smallest absolute Gasteiger partial charge is 0.338 e. The third kappa shape index (κ3) is 4.96. The van der Waals surface area contributed by atoms with Crippen molar-refractivity contribution < 1.29 is 18.7 Å². The first kappa shape index (κ1) is 23.1. The van der Waals surface area contributed by atoms with Crippen molar-refractivity contribution in [3.8, 4) is 0 Å². The molecule has 4 rings (SSSR count). The van der Waals surface area contributed by atoms with Crippen LogP contribution >= 0.6 is 23.4 Å². The number of hydrogen-bond donors (Lipinski definition) is 1. The van der Waals surface area contributed by atoms with Gasteiger partial charge in [-0.05, 0) is 47.7 Å². The molecule has 0 saturated heterocycles. The van der Waals surface area contributed by atoms with Crippen LogP contribution in [0.15, 0.2) is 75.9 Å². The van der Waals surface area contributed by atoms with Gasteiger partial charge < -0.3 is 15.0 Å². The second-order valence-corrected chi connectivity index (χ2v) is 8.79. The number of rotatable bonds is 6. The number of ether oxygens (including phenoxy) is 1. The highest BCUT2D eigenvalue weighted by Gasteiger charge is 2.40. The van der Waals surface area contributed by atoms with Gasteiger partial charge in [-0.1, -0.05) is 47.6 Å². The van der Waals surface area contributed by atoms with Crippen LogP contribution in [-0.2, 0) is 20.9 Å². The van der Waals surface area contributed by atoms with E-state index in [1.807, 2.05) is 22.4 Å². The van der Waals surface area contributed by atoms with Crippen molar-refractivity contribution in [2.24, 2.45) is 4.99 Å². The molecule has 0 aromatic heterocycles. The van der Waals surface area contributed by atoms with Gasteiger partial charge in [0.05, 0.1) is 30.8 Å². The van der Waals surface area contributed by atoms with Crippen LogP contribution in [-0.4, -0.2) is 29.1 Å². The molecule has 6 nitrogen and oxygen atoms in total. The largest absolute Gasteiger partial charge is 0.466 e. The van der Waals surface area contributed by atoms with E-state index in [9.17, 15) is 14.0 Å². The number of nitrogens with zero attached hydrogens (tertiary/aromatic N) is 2. The van der Waals surface area contributed by atoms with Gasteiger partial charge in [-0.3, -0.25) is 4.79 Å². The van der Waals surface area contributed by atoms with Gasteiger partial charge in [-0.2, -0.15) is 0 Å². The Morgan fingerprint density at radius 2 is 2.00 bits per heavy atom. The number of halogens is 2. The quantitative estimate of drug-likeness (QED) is 0.587. The average Bonchev–Trinajstić information content (AvgIpc) is 3.18. The molecular weight excluding hydrogens is 465 g/mol. The second kappa shape index (κ2) is 9.80. The summed E-state index contributed by atoms with van der Waals surface area (Å²) in [5.74, 6) is -1.07. The summed E-state index contributed by atoms with van der Waals surface area (Å²) in [7, 11) is 1.33. The zero-order chi connectivity index (χ0) is 23.5. The number of amides is 1. The number of thioether (sulfide) groups is 1. The Labute approximate surface area is 200 Å². The molecule has 2 aromatic carbocycles. The first-order valence-electron chi connectivity index (χ1n) is 10.2. The van der Waals surface area contributed by atoms with Crippen LogP contribution in [0.2, 0.25) is 5.02 Å². The number of allylic oxidation sites excluding steroid dienone is 1. The number of nitrogens with one attached hydrogen (secondary N) is 1. The monoisotopic (exact) mass is 485 g/mol. The van der Waals surface area contributed by atoms with E-state index in [-0.39, 0.29) is 24.7 Å². The molecule has 170 valence electrons. The van der Waals surface area contributed by atoms with E-state index in [4.69, 9.17) is 16.3 Å². The number of carbonyl (C=O) groups is 2. The van der Waals surface area contributed by atoms with Gasteiger partial charge in [0, 0.05) is 17.3 Å². The Bertz CT molecular complexity index is 1190. The lowest BCUT2D eigenvalue weighted by molar-refractivity contribution is -0.136. The highest BCUT2D eigenvalue weighted by atomic mass is 35.5. The van der Waals surface area contributed by atoms with Gasteiger partial charge in [0.15, 0.2) is 5.17 Å². The molecule has 0 aliphatic carbocycles. The van der Waals surface area contributed by atoms with Gasteiger partial charge in [0.25, 0.3) is 0 Å². The summed E-state index contributed by atoms with van der Waals surface area (Å²) < 4.78 is 18.4. The standard InChI is InChI=1S/C24H21ClFN3O3S/c1-14-21(23(31)32-2)22(16-6-8-17(25)9-7-16)29-19(13-33-24(29)28-14)11-20(30)27-12-15-4-3-5-18(26)10-15/h3-10,13,22H,11-12H2,1-2H3,(H,27,30). The number of benzene rings is 2. The predicted molar refractivity (Wildman–Crippen MR) is 127 cm³/mol. The topological polar surface area (TPSA) is 71.0 Å². The minimum Gasteiger partial charge on any atom is -0.466 e. The van der Waals surface area contributed by atoms with Crippen molar-refractivity contribution in [2.45, 2.75) is 25.9 Å². The predicted octanol–water partition coefficient (Wildman–Crippen LogP) is 4.93. The molecule has 0 radical (unpaired) electrons. The molecule has 1 unspecified atom stereocenters. The van der Waals surface area contributed by atoms with Crippen molar-refractivity contribution >= 4 is 40.4 Å². The van der Waals surface area contributed by atoms with Gasteiger partial charge >= 0.3 is 5.97 Å². The normalized spacial score (nSPS) is 17.3. The summed E-state index contributed by atoms with van der Waals surface area (Å²) >= 11 is 7.47. The van der Waals surface area contributed by atoms with Crippen LogP contribution in [0.4, 0.5) is 4.39 Å². The number of methoxy groups -OCH3 is 1. The number of esters is 1. The molecule has 1 atom stereocenters. The fraction of sp³-hybridized carbons (Fsp3) is 0.208. The summed E-state index contributed by atoms with van der Waals surface area (Å²) in [5, 5.41) is 5.93. The fourth-order valence-electron chi connectivity index (χ4n) is 3.78. The second-order valence-electron chi connectivity index (χ2n) is 7.52. The molecule has 0 fully saturated rings. The summed E-state index contributed by atoms with van der Waals surface area (Å²) in [6, 6.07) is 12.8. The first-order chi connectivity index (χ1) is 15.9. The van der Waals surface area contributed by atoms with E-state index >= 15 is 0 Å². The number of aliphatic imine (C=N–C) groups is 1. The van der Waals surface area contributed by atoms with Crippen LogP contribution < -0.4 is 5.32 Å². The maximum Gasteiger partial charge on any atom is 0.338 e. The third-order valence-electron chi connectivity index (χ3n) is 5.31. The maximum absolute atomic E-state index is 13.4. The number of carbonyl (C=O) groups excluding carboxylic acids is 2. The van der Waals surface area contributed by atoms with Crippen LogP contribution in [0.5, 0.6) is 0 Å². The van der Waals surface area contributed by atoms with Gasteiger partial charge in [-0.15, -0.1) is 0 Å². The van der Waals surface area contributed by atoms with Crippen molar-refractivity contribution in [1.29, 1.82) is 0 Å². The van der Waals surface area contributed by atoms with E-state index in [1.165, 1.54) is 31.0 Å². The van der Waals surface area contributed by atoms with Crippen molar-refractivity contribution in [3.05, 3.63) is 92.9 Å². The molecule has 9 heteroatoms.